The average Bonchev–Trinajstić information content (AvgIpc) is 2.95. The normalized spacial score (nSPS) is 11.1. The van der Waals surface area contributed by atoms with Gasteiger partial charge in [0.05, 0.1) is 17.7 Å². The number of hydrogen-bond acceptors (Lipinski definition) is 5. The maximum atomic E-state index is 13.5. The summed E-state index contributed by atoms with van der Waals surface area (Å²) >= 11 is 0. The predicted octanol–water partition coefficient (Wildman–Crippen LogP) is 7.75. The molecular weight excluding hydrogens is 507 g/mol. The van der Waals surface area contributed by atoms with Crippen molar-refractivity contribution in [3.63, 3.8) is 0 Å². The third-order valence-corrected chi connectivity index (χ3v) is 5.98. The van der Waals surface area contributed by atoms with E-state index in [0.717, 1.165) is 28.9 Å². The molecule has 0 aromatic heterocycles. The first kappa shape index (κ1) is 27.6. The lowest BCUT2D eigenvalue weighted by molar-refractivity contribution is -0.137. The van der Waals surface area contributed by atoms with Crippen LogP contribution in [0.15, 0.2) is 91.0 Å². The van der Waals surface area contributed by atoms with Crippen molar-refractivity contribution in [2.24, 2.45) is 0 Å². The SMILES string of the molecule is CCOc1cc(COc2ccc(C(F)(F)F)cc2)c(C(=O)OCc2ccccc2)c(-c2ccc(NC)cc2)c1. The first-order valence-corrected chi connectivity index (χ1v) is 12.4. The third-order valence-electron chi connectivity index (χ3n) is 5.98. The molecule has 0 amide bonds. The summed E-state index contributed by atoms with van der Waals surface area (Å²) in [5, 5.41) is 3.07. The molecule has 0 unspecified atom stereocenters. The highest BCUT2D eigenvalue weighted by Gasteiger charge is 2.30. The van der Waals surface area contributed by atoms with Crippen molar-refractivity contribution < 1.29 is 32.2 Å². The van der Waals surface area contributed by atoms with Gasteiger partial charge in [0.1, 0.15) is 24.7 Å². The molecule has 5 nitrogen and oxygen atoms in total. The fourth-order valence-corrected chi connectivity index (χ4v) is 4.02. The average molecular weight is 536 g/mol. The molecule has 0 radical (unpaired) electrons. The molecule has 202 valence electrons. The second-order valence-electron chi connectivity index (χ2n) is 8.64. The number of carbonyl (C=O) groups excluding carboxylic acids is 1. The highest BCUT2D eigenvalue weighted by Crippen LogP contribution is 2.34. The van der Waals surface area contributed by atoms with E-state index in [-0.39, 0.29) is 19.0 Å². The van der Waals surface area contributed by atoms with Gasteiger partial charge in [-0.3, -0.25) is 0 Å². The Balaban J connectivity index is 1.72. The summed E-state index contributed by atoms with van der Waals surface area (Å²) in [6, 6.07) is 24.7. The van der Waals surface area contributed by atoms with Crippen molar-refractivity contribution in [2.75, 3.05) is 19.0 Å². The molecule has 1 N–H and O–H groups in total. The smallest absolute Gasteiger partial charge is 0.416 e. The van der Waals surface area contributed by atoms with E-state index < -0.39 is 17.7 Å². The van der Waals surface area contributed by atoms with E-state index >= 15 is 0 Å². The minimum absolute atomic E-state index is 0.0736. The monoisotopic (exact) mass is 535 g/mol. The number of alkyl halides is 3. The van der Waals surface area contributed by atoms with Crippen molar-refractivity contribution >= 4 is 11.7 Å². The van der Waals surface area contributed by atoms with Crippen molar-refractivity contribution in [3.8, 4) is 22.6 Å². The summed E-state index contributed by atoms with van der Waals surface area (Å²) < 4.78 is 56.2. The van der Waals surface area contributed by atoms with E-state index in [0.29, 0.717) is 29.0 Å². The summed E-state index contributed by atoms with van der Waals surface area (Å²) in [7, 11) is 1.81. The lowest BCUT2D eigenvalue weighted by Gasteiger charge is -2.18. The fourth-order valence-electron chi connectivity index (χ4n) is 4.02. The van der Waals surface area contributed by atoms with Gasteiger partial charge in [0.15, 0.2) is 0 Å². The van der Waals surface area contributed by atoms with Crippen molar-refractivity contribution in [2.45, 2.75) is 26.3 Å². The van der Waals surface area contributed by atoms with Gasteiger partial charge in [-0.1, -0.05) is 42.5 Å². The van der Waals surface area contributed by atoms with Crippen LogP contribution in [0.4, 0.5) is 18.9 Å². The van der Waals surface area contributed by atoms with Crippen molar-refractivity contribution in [1.82, 2.24) is 0 Å². The van der Waals surface area contributed by atoms with Gasteiger partial charge in [-0.25, -0.2) is 4.79 Å². The molecule has 0 aliphatic rings. The van der Waals surface area contributed by atoms with Crippen molar-refractivity contribution in [3.05, 3.63) is 113 Å². The molecule has 4 aromatic rings. The van der Waals surface area contributed by atoms with Gasteiger partial charge in [0.2, 0.25) is 0 Å². The highest BCUT2D eigenvalue weighted by molar-refractivity contribution is 5.99. The minimum Gasteiger partial charge on any atom is -0.494 e. The summed E-state index contributed by atoms with van der Waals surface area (Å²) in [5.41, 5.74) is 3.08. The number of anilines is 1. The van der Waals surface area contributed by atoms with E-state index in [9.17, 15) is 18.0 Å². The van der Waals surface area contributed by atoms with Crippen molar-refractivity contribution in [1.29, 1.82) is 0 Å². The fraction of sp³-hybridized carbons (Fsp3) is 0.194. The number of carbonyl (C=O) groups is 1. The van der Waals surface area contributed by atoms with Crippen LogP contribution in [0.5, 0.6) is 11.5 Å². The molecule has 0 aliphatic carbocycles. The molecule has 0 heterocycles. The molecule has 4 rings (SSSR count). The number of nitrogens with one attached hydrogen (secondary N) is 1. The number of halogens is 3. The molecule has 39 heavy (non-hydrogen) atoms. The summed E-state index contributed by atoms with van der Waals surface area (Å²) in [4.78, 5) is 13.5. The molecule has 0 atom stereocenters. The maximum absolute atomic E-state index is 13.5. The van der Waals surface area contributed by atoms with Crippen LogP contribution in [0.1, 0.15) is 34.0 Å². The van der Waals surface area contributed by atoms with Gasteiger partial charge in [0.25, 0.3) is 0 Å². The Morgan fingerprint density at radius 2 is 1.51 bits per heavy atom. The van der Waals surface area contributed by atoms with Crippen LogP contribution >= 0.6 is 0 Å². The zero-order valence-electron chi connectivity index (χ0n) is 21.5. The molecule has 0 spiro atoms. The lowest BCUT2D eigenvalue weighted by atomic mass is 9.94. The molecule has 0 saturated carbocycles. The van der Waals surface area contributed by atoms with Crippen LogP contribution in [0.3, 0.4) is 0 Å². The Labute approximate surface area is 225 Å². The van der Waals surface area contributed by atoms with E-state index in [1.807, 2.05) is 68.6 Å². The zero-order chi connectivity index (χ0) is 27.8. The molecule has 0 bridgehead atoms. The van der Waals surface area contributed by atoms with Gasteiger partial charge >= 0.3 is 12.1 Å². The predicted molar refractivity (Wildman–Crippen MR) is 144 cm³/mol. The van der Waals surface area contributed by atoms with E-state index in [4.69, 9.17) is 14.2 Å². The van der Waals surface area contributed by atoms with Crippen LogP contribution in [-0.4, -0.2) is 19.6 Å². The van der Waals surface area contributed by atoms with Crippen LogP contribution in [0.2, 0.25) is 0 Å². The molecule has 0 aliphatic heterocycles. The Kier molecular flexibility index (Phi) is 8.76. The highest BCUT2D eigenvalue weighted by atomic mass is 19.4. The summed E-state index contributed by atoms with van der Waals surface area (Å²) in [6.45, 7) is 2.23. The van der Waals surface area contributed by atoms with Crippen LogP contribution in [0, 0.1) is 0 Å². The molecule has 8 heteroatoms. The standard InChI is InChI=1S/C31H28F3NO4/c1-3-37-27-17-23(20-38-26-15-11-24(12-16-26)31(32,33)34)29(30(36)39-19-21-7-5-4-6-8-21)28(18-27)22-9-13-25(35-2)14-10-22/h4-18,35H,3,19-20H2,1-2H3. The zero-order valence-corrected chi connectivity index (χ0v) is 21.5. The first-order valence-electron chi connectivity index (χ1n) is 12.4. The van der Waals surface area contributed by atoms with Crippen LogP contribution in [0.25, 0.3) is 11.1 Å². The number of esters is 1. The first-order chi connectivity index (χ1) is 18.8. The van der Waals surface area contributed by atoms with Crippen LogP contribution < -0.4 is 14.8 Å². The van der Waals surface area contributed by atoms with Gasteiger partial charge in [-0.15, -0.1) is 0 Å². The number of ether oxygens (including phenoxy) is 3. The second-order valence-corrected chi connectivity index (χ2v) is 8.64. The number of benzene rings is 4. The van der Waals surface area contributed by atoms with Gasteiger partial charge in [-0.05, 0) is 66.6 Å². The Morgan fingerprint density at radius 3 is 2.13 bits per heavy atom. The third kappa shape index (κ3) is 7.10. The quantitative estimate of drug-likeness (QED) is 0.211. The molecular formula is C31H28F3NO4. The second kappa shape index (κ2) is 12.4. The lowest BCUT2D eigenvalue weighted by Crippen LogP contribution is -2.13. The van der Waals surface area contributed by atoms with E-state index in [2.05, 4.69) is 5.32 Å². The van der Waals surface area contributed by atoms with Crippen LogP contribution in [-0.2, 0) is 24.1 Å². The van der Waals surface area contributed by atoms with Gasteiger partial charge in [-0.2, -0.15) is 13.2 Å². The summed E-state index contributed by atoms with van der Waals surface area (Å²) in [5.74, 6) is 0.199. The topological polar surface area (TPSA) is 56.8 Å². The Bertz CT molecular complexity index is 1390. The molecule has 0 fully saturated rings. The number of rotatable bonds is 10. The number of hydrogen-bond donors (Lipinski definition) is 1. The van der Waals surface area contributed by atoms with Gasteiger partial charge < -0.3 is 19.5 Å². The summed E-state index contributed by atoms with van der Waals surface area (Å²) in [6.07, 6.45) is -4.45. The maximum Gasteiger partial charge on any atom is 0.416 e. The Morgan fingerprint density at radius 1 is 0.821 bits per heavy atom. The Hall–Kier alpha value is -4.46. The van der Waals surface area contributed by atoms with E-state index in [1.165, 1.54) is 12.1 Å². The minimum atomic E-state index is -4.45. The molecule has 4 aromatic carbocycles. The molecule has 0 saturated heterocycles. The van der Waals surface area contributed by atoms with Gasteiger partial charge in [0, 0.05) is 23.9 Å². The largest absolute Gasteiger partial charge is 0.494 e. The van der Waals surface area contributed by atoms with E-state index in [1.54, 1.807) is 12.1 Å².